The Bertz CT molecular complexity index is 623. The van der Waals surface area contributed by atoms with E-state index in [1.807, 2.05) is 6.07 Å². The number of nitrogens with one attached hydrogen (secondary N) is 1. The Hall–Kier alpha value is -1.62. The minimum absolute atomic E-state index is 0.491. The SMILES string of the molecule is Cc1ccc(Nc2cc(N)nc(C3CC3)n2)c(Br)c1. The van der Waals surface area contributed by atoms with Crippen molar-refractivity contribution in [2.45, 2.75) is 25.7 Å². The van der Waals surface area contributed by atoms with Gasteiger partial charge in [0, 0.05) is 16.5 Å². The van der Waals surface area contributed by atoms with Gasteiger partial charge in [0.2, 0.25) is 0 Å². The van der Waals surface area contributed by atoms with E-state index in [0.717, 1.165) is 34.6 Å². The molecule has 0 unspecified atom stereocenters. The molecule has 3 rings (SSSR count). The number of halogens is 1. The van der Waals surface area contributed by atoms with Crippen molar-refractivity contribution in [3.05, 3.63) is 40.1 Å². The van der Waals surface area contributed by atoms with Crippen LogP contribution >= 0.6 is 15.9 Å². The van der Waals surface area contributed by atoms with Crippen molar-refractivity contribution < 1.29 is 0 Å². The van der Waals surface area contributed by atoms with Gasteiger partial charge in [-0.3, -0.25) is 0 Å². The van der Waals surface area contributed by atoms with E-state index in [4.69, 9.17) is 5.73 Å². The summed E-state index contributed by atoms with van der Waals surface area (Å²) in [6, 6.07) is 7.90. The molecule has 0 radical (unpaired) electrons. The summed E-state index contributed by atoms with van der Waals surface area (Å²) in [4.78, 5) is 8.82. The molecule has 0 amide bonds. The fourth-order valence-corrected chi connectivity index (χ4v) is 2.53. The van der Waals surface area contributed by atoms with Gasteiger partial charge in [-0.15, -0.1) is 0 Å². The first kappa shape index (κ1) is 12.4. The highest BCUT2D eigenvalue weighted by Gasteiger charge is 2.27. The molecule has 0 saturated heterocycles. The molecule has 1 heterocycles. The summed E-state index contributed by atoms with van der Waals surface area (Å²) in [5.41, 5.74) is 8.02. The third-order valence-electron chi connectivity index (χ3n) is 3.09. The Morgan fingerprint density at radius 1 is 1.26 bits per heavy atom. The molecular weight excluding hydrogens is 304 g/mol. The Morgan fingerprint density at radius 3 is 2.74 bits per heavy atom. The van der Waals surface area contributed by atoms with Crippen molar-refractivity contribution in [2.75, 3.05) is 11.1 Å². The minimum atomic E-state index is 0.491. The number of hydrogen-bond acceptors (Lipinski definition) is 4. The smallest absolute Gasteiger partial charge is 0.136 e. The van der Waals surface area contributed by atoms with Gasteiger partial charge in [0.25, 0.3) is 0 Å². The van der Waals surface area contributed by atoms with Crippen LogP contribution in [0.5, 0.6) is 0 Å². The molecule has 1 aromatic carbocycles. The highest BCUT2D eigenvalue weighted by molar-refractivity contribution is 9.10. The van der Waals surface area contributed by atoms with E-state index >= 15 is 0 Å². The second kappa shape index (κ2) is 4.81. The molecule has 2 aromatic rings. The van der Waals surface area contributed by atoms with Gasteiger partial charge in [0.05, 0.1) is 5.69 Å². The number of nitrogens with two attached hydrogens (primary N) is 1. The van der Waals surface area contributed by atoms with Gasteiger partial charge in [0.15, 0.2) is 0 Å². The summed E-state index contributed by atoms with van der Waals surface area (Å²) in [6.07, 6.45) is 2.33. The lowest BCUT2D eigenvalue weighted by atomic mass is 10.2. The number of aryl methyl sites for hydroxylation is 1. The lowest BCUT2D eigenvalue weighted by Crippen LogP contribution is -2.03. The van der Waals surface area contributed by atoms with Crippen molar-refractivity contribution >= 4 is 33.3 Å². The molecule has 1 fully saturated rings. The zero-order valence-electron chi connectivity index (χ0n) is 10.7. The van der Waals surface area contributed by atoms with Gasteiger partial charge >= 0.3 is 0 Å². The molecule has 0 bridgehead atoms. The van der Waals surface area contributed by atoms with E-state index in [-0.39, 0.29) is 0 Å². The van der Waals surface area contributed by atoms with Gasteiger partial charge in [-0.05, 0) is 53.4 Å². The van der Waals surface area contributed by atoms with Crippen LogP contribution in [0.15, 0.2) is 28.7 Å². The molecule has 0 spiro atoms. The molecule has 0 aliphatic heterocycles. The van der Waals surface area contributed by atoms with Crippen LogP contribution in [0.3, 0.4) is 0 Å². The van der Waals surface area contributed by atoms with E-state index < -0.39 is 0 Å². The summed E-state index contributed by atoms with van der Waals surface area (Å²) < 4.78 is 1.01. The number of aromatic nitrogens is 2. The van der Waals surface area contributed by atoms with Crippen LogP contribution in [-0.2, 0) is 0 Å². The first-order chi connectivity index (χ1) is 9.11. The Morgan fingerprint density at radius 2 is 2.05 bits per heavy atom. The van der Waals surface area contributed by atoms with Crippen LogP contribution in [0.1, 0.15) is 30.1 Å². The predicted molar refractivity (Wildman–Crippen MR) is 80.6 cm³/mol. The number of rotatable bonds is 3. The molecule has 0 atom stereocenters. The number of nitrogen functional groups attached to an aromatic ring is 1. The molecule has 4 nitrogen and oxygen atoms in total. The Kier molecular flexibility index (Phi) is 3.14. The predicted octanol–water partition coefficient (Wildman–Crippen LogP) is 3.75. The van der Waals surface area contributed by atoms with Crippen LogP contribution < -0.4 is 11.1 Å². The average Bonchev–Trinajstić information content (AvgIpc) is 3.16. The van der Waals surface area contributed by atoms with Crippen LogP contribution in [0.4, 0.5) is 17.3 Å². The van der Waals surface area contributed by atoms with E-state index in [1.165, 1.54) is 5.56 Å². The first-order valence-electron chi connectivity index (χ1n) is 6.29. The van der Waals surface area contributed by atoms with Gasteiger partial charge in [0.1, 0.15) is 17.5 Å². The summed E-state index contributed by atoms with van der Waals surface area (Å²) in [5.74, 6) is 2.61. The van der Waals surface area contributed by atoms with Crippen molar-refractivity contribution in [1.82, 2.24) is 9.97 Å². The monoisotopic (exact) mass is 318 g/mol. The molecule has 98 valence electrons. The van der Waals surface area contributed by atoms with Gasteiger partial charge in [-0.2, -0.15) is 0 Å². The first-order valence-corrected chi connectivity index (χ1v) is 7.09. The van der Waals surface area contributed by atoms with Gasteiger partial charge in [-0.25, -0.2) is 9.97 Å². The van der Waals surface area contributed by atoms with E-state index in [1.54, 1.807) is 6.07 Å². The van der Waals surface area contributed by atoms with Crippen molar-refractivity contribution in [1.29, 1.82) is 0 Å². The maximum Gasteiger partial charge on any atom is 0.136 e. The lowest BCUT2D eigenvalue weighted by molar-refractivity contribution is 0.936. The second-order valence-corrected chi connectivity index (χ2v) is 5.77. The molecule has 5 heteroatoms. The van der Waals surface area contributed by atoms with Crippen molar-refractivity contribution in [3.8, 4) is 0 Å². The molecule has 1 aliphatic carbocycles. The largest absolute Gasteiger partial charge is 0.384 e. The molecule has 1 aliphatic rings. The van der Waals surface area contributed by atoms with E-state index in [2.05, 4.69) is 50.3 Å². The summed E-state index contributed by atoms with van der Waals surface area (Å²) in [6.45, 7) is 2.06. The van der Waals surface area contributed by atoms with E-state index in [9.17, 15) is 0 Å². The number of hydrogen-bond donors (Lipinski definition) is 2. The van der Waals surface area contributed by atoms with Crippen molar-refractivity contribution in [3.63, 3.8) is 0 Å². The Labute approximate surface area is 120 Å². The summed E-state index contributed by atoms with van der Waals surface area (Å²) >= 11 is 3.55. The third kappa shape index (κ3) is 2.87. The van der Waals surface area contributed by atoms with E-state index in [0.29, 0.717) is 11.7 Å². The highest BCUT2D eigenvalue weighted by Crippen LogP contribution is 2.39. The maximum atomic E-state index is 5.84. The quantitative estimate of drug-likeness (QED) is 0.904. The van der Waals surface area contributed by atoms with Crippen LogP contribution in [-0.4, -0.2) is 9.97 Å². The molecule has 19 heavy (non-hydrogen) atoms. The fourth-order valence-electron chi connectivity index (χ4n) is 1.93. The summed E-state index contributed by atoms with van der Waals surface area (Å²) in [7, 11) is 0. The van der Waals surface area contributed by atoms with Crippen LogP contribution in [0, 0.1) is 6.92 Å². The van der Waals surface area contributed by atoms with Crippen LogP contribution in [0.2, 0.25) is 0 Å². The average molecular weight is 319 g/mol. The second-order valence-electron chi connectivity index (χ2n) is 4.92. The Balaban J connectivity index is 1.89. The fraction of sp³-hybridized carbons (Fsp3) is 0.286. The molecule has 1 aromatic heterocycles. The van der Waals surface area contributed by atoms with Gasteiger partial charge < -0.3 is 11.1 Å². The standard InChI is InChI=1S/C14H15BrN4/c1-8-2-5-11(10(15)6-8)17-13-7-12(16)18-14(19-13)9-3-4-9/h2,5-7,9H,3-4H2,1H3,(H3,16,17,18,19). The molecule has 3 N–H and O–H groups in total. The van der Waals surface area contributed by atoms with Crippen molar-refractivity contribution in [2.24, 2.45) is 0 Å². The number of benzene rings is 1. The minimum Gasteiger partial charge on any atom is -0.384 e. The number of anilines is 3. The maximum absolute atomic E-state index is 5.84. The summed E-state index contributed by atoms with van der Waals surface area (Å²) in [5, 5.41) is 3.29. The highest BCUT2D eigenvalue weighted by atomic mass is 79.9. The lowest BCUT2D eigenvalue weighted by Gasteiger charge is -2.10. The van der Waals surface area contributed by atoms with Crippen LogP contribution in [0.25, 0.3) is 0 Å². The molecule has 1 saturated carbocycles. The molecular formula is C14H15BrN4. The zero-order valence-corrected chi connectivity index (χ0v) is 12.2. The zero-order chi connectivity index (χ0) is 13.4. The normalized spacial score (nSPS) is 14.4. The topological polar surface area (TPSA) is 63.8 Å². The number of nitrogens with zero attached hydrogens (tertiary/aromatic N) is 2. The van der Waals surface area contributed by atoms with Gasteiger partial charge in [-0.1, -0.05) is 6.07 Å². The third-order valence-corrected chi connectivity index (χ3v) is 3.75.